The molecule has 2 N–H and O–H groups in total. The molecule has 2 heterocycles. The number of nitrogens with zero attached hydrogens (tertiary/aromatic N) is 4. The molecule has 0 fully saturated rings. The highest BCUT2D eigenvalue weighted by Crippen LogP contribution is 2.47. The third-order valence-electron chi connectivity index (χ3n) is 5.32. The summed E-state index contributed by atoms with van der Waals surface area (Å²) in [6.45, 7) is 0. The molecular formula is C21H17BrFN5O3S2. The van der Waals surface area contributed by atoms with Gasteiger partial charge in [0.05, 0.1) is 30.4 Å². The third kappa shape index (κ3) is 4.40. The molecule has 170 valence electrons. The van der Waals surface area contributed by atoms with Gasteiger partial charge < -0.3 is 10.5 Å². The summed E-state index contributed by atoms with van der Waals surface area (Å²) in [6, 6.07) is 6.62. The van der Waals surface area contributed by atoms with Gasteiger partial charge in [-0.25, -0.2) is 4.39 Å². The van der Waals surface area contributed by atoms with E-state index in [1.807, 2.05) is 0 Å². The molecule has 1 aliphatic carbocycles. The van der Waals surface area contributed by atoms with E-state index in [1.165, 1.54) is 24.5 Å². The Kier molecular flexibility index (Phi) is 6.83. The number of anilines is 1. The Bertz CT molecular complexity index is 1250. The lowest BCUT2D eigenvalue weighted by Crippen LogP contribution is -2.38. The number of hydrogen-bond donors (Lipinski definition) is 1. The lowest BCUT2D eigenvalue weighted by Gasteiger charge is -2.38. The van der Waals surface area contributed by atoms with Crippen molar-refractivity contribution < 1.29 is 18.7 Å². The molecule has 4 rings (SSSR count). The summed E-state index contributed by atoms with van der Waals surface area (Å²) in [4.78, 5) is 26.1. The van der Waals surface area contributed by atoms with E-state index < -0.39 is 17.7 Å². The second-order valence-corrected chi connectivity index (χ2v) is 10.3. The molecule has 1 aromatic heterocycles. The summed E-state index contributed by atoms with van der Waals surface area (Å²) in [6.07, 6.45) is 1.41. The maximum Gasteiger partial charge on any atom is 0.316 e. The number of aromatic nitrogens is 2. The predicted molar refractivity (Wildman–Crippen MR) is 125 cm³/mol. The van der Waals surface area contributed by atoms with Gasteiger partial charge in [0.2, 0.25) is 5.13 Å². The van der Waals surface area contributed by atoms with Gasteiger partial charge in [0.15, 0.2) is 10.1 Å². The predicted octanol–water partition coefficient (Wildman–Crippen LogP) is 4.01. The lowest BCUT2D eigenvalue weighted by atomic mass is 9.75. The first-order valence-corrected chi connectivity index (χ1v) is 12.4. The second-order valence-electron chi connectivity index (χ2n) is 7.20. The first-order chi connectivity index (χ1) is 15.8. The van der Waals surface area contributed by atoms with Crippen LogP contribution in [0.3, 0.4) is 0 Å². The Morgan fingerprint density at radius 1 is 1.45 bits per heavy atom. The van der Waals surface area contributed by atoms with Crippen molar-refractivity contribution >= 4 is 55.9 Å². The quantitative estimate of drug-likeness (QED) is 0.435. The minimum Gasteiger partial charge on any atom is -0.468 e. The number of halogens is 2. The van der Waals surface area contributed by atoms with Gasteiger partial charge in [-0.3, -0.25) is 14.5 Å². The maximum atomic E-state index is 14.9. The molecule has 8 nitrogen and oxygen atoms in total. The number of ether oxygens (including phenoxy) is 1. The molecule has 1 aliphatic heterocycles. The SMILES string of the molecule is COC(=O)CSc1nnc(N2C(N)=C(C#N)C(c3ccc(Br)cc3F)C3=C2CCCC3=O)s1. The summed E-state index contributed by atoms with van der Waals surface area (Å²) in [7, 11) is 1.30. The molecule has 1 aromatic carbocycles. The van der Waals surface area contributed by atoms with Crippen molar-refractivity contribution in [3.63, 3.8) is 0 Å². The molecule has 1 atom stereocenters. The third-order valence-corrected chi connectivity index (χ3v) is 7.82. The largest absolute Gasteiger partial charge is 0.468 e. The van der Waals surface area contributed by atoms with Crippen LogP contribution in [0, 0.1) is 17.1 Å². The Morgan fingerprint density at radius 3 is 2.94 bits per heavy atom. The van der Waals surface area contributed by atoms with Crippen LogP contribution in [0.2, 0.25) is 0 Å². The summed E-state index contributed by atoms with van der Waals surface area (Å²) < 4.78 is 20.6. The molecular weight excluding hydrogens is 533 g/mol. The van der Waals surface area contributed by atoms with Gasteiger partial charge in [-0.2, -0.15) is 5.26 Å². The Hall–Kier alpha value is -2.75. The van der Waals surface area contributed by atoms with Gasteiger partial charge in [-0.05, 0) is 25.0 Å². The van der Waals surface area contributed by atoms with Crippen molar-refractivity contribution in [1.29, 1.82) is 5.26 Å². The van der Waals surface area contributed by atoms with Gasteiger partial charge in [0, 0.05) is 27.7 Å². The summed E-state index contributed by atoms with van der Waals surface area (Å²) in [5.41, 5.74) is 7.68. The molecule has 0 radical (unpaired) electrons. The number of methoxy groups -OCH3 is 1. The Labute approximate surface area is 205 Å². The molecule has 0 amide bonds. The van der Waals surface area contributed by atoms with Crippen LogP contribution in [0.5, 0.6) is 0 Å². The fraction of sp³-hybridized carbons (Fsp3) is 0.286. The van der Waals surface area contributed by atoms with E-state index in [1.54, 1.807) is 17.0 Å². The lowest BCUT2D eigenvalue weighted by molar-refractivity contribution is -0.137. The molecule has 2 aromatic rings. The first kappa shape index (κ1) is 23.4. The summed E-state index contributed by atoms with van der Waals surface area (Å²) in [5, 5.41) is 18.6. The number of carbonyl (C=O) groups is 2. The highest BCUT2D eigenvalue weighted by Gasteiger charge is 2.42. The highest BCUT2D eigenvalue weighted by atomic mass is 79.9. The number of nitriles is 1. The van der Waals surface area contributed by atoms with Crippen LogP contribution in [0.15, 0.2) is 49.7 Å². The second kappa shape index (κ2) is 9.62. The van der Waals surface area contributed by atoms with Crippen molar-refractivity contribution in [2.45, 2.75) is 29.5 Å². The van der Waals surface area contributed by atoms with Crippen molar-refractivity contribution in [2.24, 2.45) is 5.73 Å². The van der Waals surface area contributed by atoms with E-state index in [0.717, 1.165) is 11.8 Å². The smallest absolute Gasteiger partial charge is 0.316 e. The molecule has 12 heteroatoms. The summed E-state index contributed by atoms with van der Waals surface area (Å²) in [5.74, 6) is -1.84. The van der Waals surface area contributed by atoms with Crippen LogP contribution in [0.4, 0.5) is 9.52 Å². The zero-order valence-corrected chi connectivity index (χ0v) is 20.5. The molecule has 0 spiro atoms. The van der Waals surface area contributed by atoms with Crippen molar-refractivity contribution in [3.05, 3.63) is 56.7 Å². The van der Waals surface area contributed by atoms with Crippen LogP contribution in [0.1, 0.15) is 30.7 Å². The molecule has 0 saturated carbocycles. The van der Waals surface area contributed by atoms with Gasteiger partial charge in [-0.1, -0.05) is 45.1 Å². The molecule has 0 saturated heterocycles. The number of ketones is 1. The minimum absolute atomic E-state index is 0.0667. The zero-order valence-electron chi connectivity index (χ0n) is 17.3. The number of benzene rings is 1. The summed E-state index contributed by atoms with van der Waals surface area (Å²) >= 11 is 5.58. The molecule has 0 bridgehead atoms. The van der Waals surface area contributed by atoms with Crippen LogP contribution < -0.4 is 10.6 Å². The number of carbonyl (C=O) groups excluding carboxylic acids is 2. The van der Waals surface area contributed by atoms with Gasteiger partial charge in [0.25, 0.3) is 0 Å². The number of esters is 1. The number of nitrogens with two attached hydrogens (primary N) is 1. The fourth-order valence-corrected chi connectivity index (χ4v) is 5.93. The van der Waals surface area contributed by atoms with E-state index in [4.69, 9.17) is 5.73 Å². The zero-order chi connectivity index (χ0) is 23.7. The topological polar surface area (TPSA) is 122 Å². The van der Waals surface area contributed by atoms with Gasteiger partial charge in [0.1, 0.15) is 11.6 Å². The minimum atomic E-state index is -0.900. The number of rotatable bonds is 5. The monoisotopic (exact) mass is 549 g/mol. The van der Waals surface area contributed by atoms with Crippen LogP contribution in [-0.2, 0) is 14.3 Å². The number of allylic oxidation sites excluding steroid dienone is 3. The van der Waals surface area contributed by atoms with Crippen molar-refractivity contribution in [1.82, 2.24) is 10.2 Å². The van der Waals surface area contributed by atoms with Crippen LogP contribution in [-0.4, -0.2) is 34.8 Å². The average molecular weight is 550 g/mol. The van der Waals surface area contributed by atoms with E-state index in [2.05, 4.69) is 36.9 Å². The normalized spacial score (nSPS) is 18.3. The van der Waals surface area contributed by atoms with E-state index >= 15 is 0 Å². The number of hydrogen-bond acceptors (Lipinski definition) is 10. The number of Topliss-reactive ketones (excluding diaryl/α,β-unsaturated/α-hetero) is 1. The number of thioether (sulfide) groups is 1. The molecule has 1 unspecified atom stereocenters. The van der Waals surface area contributed by atoms with E-state index in [0.29, 0.717) is 44.5 Å². The van der Waals surface area contributed by atoms with Crippen LogP contribution in [0.25, 0.3) is 0 Å². The standard InChI is InChI=1S/C21H17BrFN5O3S2/c1-31-16(30)9-32-21-27-26-20(33-21)28-14-3-2-4-15(29)18(14)17(12(8-24)19(28)25)11-6-5-10(22)7-13(11)23/h5-7,17H,2-4,9,25H2,1H3. The van der Waals surface area contributed by atoms with E-state index in [-0.39, 0.29) is 28.5 Å². The maximum absolute atomic E-state index is 14.9. The van der Waals surface area contributed by atoms with Crippen molar-refractivity contribution in [3.8, 4) is 6.07 Å². The van der Waals surface area contributed by atoms with Gasteiger partial charge in [-0.15, -0.1) is 10.2 Å². The van der Waals surface area contributed by atoms with Crippen LogP contribution >= 0.6 is 39.0 Å². The Balaban J connectivity index is 1.82. The van der Waals surface area contributed by atoms with Crippen molar-refractivity contribution in [2.75, 3.05) is 17.8 Å². The average Bonchev–Trinajstić information content (AvgIpc) is 3.25. The molecule has 2 aliphatic rings. The first-order valence-electron chi connectivity index (χ1n) is 9.79. The van der Waals surface area contributed by atoms with E-state index in [9.17, 15) is 19.2 Å². The molecule has 33 heavy (non-hydrogen) atoms. The Morgan fingerprint density at radius 2 is 2.24 bits per heavy atom. The highest BCUT2D eigenvalue weighted by molar-refractivity contribution is 9.10. The van der Waals surface area contributed by atoms with Gasteiger partial charge >= 0.3 is 5.97 Å². The fourth-order valence-electron chi connectivity index (χ4n) is 3.88.